The van der Waals surface area contributed by atoms with E-state index in [2.05, 4.69) is 0 Å². The largest absolute Gasteiger partial charge is 0.493 e. The molecule has 0 aliphatic heterocycles. The van der Waals surface area contributed by atoms with Crippen LogP contribution in [-0.2, 0) is 0 Å². The zero-order valence-corrected chi connectivity index (χ0v) is 10.0. The molecule has 98 valence electrons. The molecular weight excluding hydrogens is 238 g/mol. The van der Waals surface area contributed by atoms with Crippen molar-refractivity contribution in [1.29, 1.82) is 0 Å². The van der Waals surface area contributed by atoms with Crippen LogP contribution in [0.5, 0.6) is 11.5 Å². The van der Waals surface area contributed by atoms with Gasteiger partial charge >= 0.3 is 0 Å². The van der Waals surface area contributed by atoms with Gasteiger partial charge in [0.05, 0.1) is 24.2 Å². The van der Waals surface area contributed by atoms with Gasteiger partial charge in [-0.1, -0.05) is 0 Å². The number of hydrogen-bond donors (Lipinski definition) is 1. The average molecular weight is 253 g/mol. The van der Waals surface area contributed by atoms with Gasteiger partial charge in [-0.15, -0.1) is 0 Å². The fourth-order valence-electron chi connectivity index (χ4n) is 1.68. The second kappa shape index (κ2) is 5.22. The van der Waals surface area contributed by atoms with Gasteiger partial charge in [0.25, 0.3) is 5.69 Å². The molecule has 1 fully saturated rings. The first-order valence-electron chi connectivity index (χ1n) is 5.75. The normalized spacial score (nSPS) is 16.1. The van der Waals surface area contributed by atoms with E-state index in [0.29, 0.717) is 17.4 Å². The summed E-state index contributed by atoms with van der Waals surface area (Å²) in [6.45, 7) is 0.179. The van der Waals surface area contributed by atoms with Crippen LogP contribution >= 0.6 is 0 Å². The molecule has 1 aromatic carbocycles. The van der Waals surface area contributed by atoms with Crippen molar-refractivity contribution in [3.8, 4) is 11.5 Å². The Labute approximate surface area is 104 Å². The van der Waals surface area contributed by atoms with Gasteiger partial charge in [0.15, 0.2) is 11.5 Å². The summed E-state index contributed by atoms with van der Waals surface area (Å²) in [5, 5.41) is 20.3. The van der Waals surface area contributed by atoms with Crippen molar-refractivity contribution < 1.29 is 19.5 Å². The summed E-state index contributed by atoms with van der Waals surface area (Å²) < 4.78 is 10.5. The fourth-order valence-corrected chi connectivity index (χ4v) is 1.68. The number of methoxy groups -OCH3 is 1. The molecule has 0 amide bonds. The second-order valence-electron chi connectivity index (χ2n) is 4.31. The molecule has 0 saturated heterocycles. The molecule has 1 aliphatic rings. The predicted octanol–water partition coefficient (Wildman–Crippen LogP) is 1.75. The minimum Gasteiger partial charge on any atom is -0.493 e. The number of ether oxygens (including phenoxy) is 2. The van der Waals surface area contributed by atoms with Crippen LogP contribution in [0.2, 0.25) is 0 Å². The maximum Gasteiger partial charge on any atom is 0.273 e. The first kappa shape index (κ1) is 12.6. The van der Waals surface area contributed by atoms with Gasteiger partial charge in [0.2, 0.25) is 0 Å². The standard InChI is InChI=1S/C12H15NO5/c1-17-12-6-9(13(15)16)4-5-11(12)18-7-10(14)8-2-3-8/h4-6,8,10,14H,2-3,7H2,1H3/t10-/m0/s1. The smallest absolute Gasteiger partial charge is 0.273 e. The Bertz CT molecular complexity index is 444. The van der Waals surface area contributed by atoms with Crippen molar-refractivity contribution in [3.63, 3.8) is 0 Å². The molecule has 6 heteroatoms. The summed E-state index contributed by atoms with van der Waals surface area (Å²) in [7, 11) is 1.42. The molecule has 1 saturated carbocycles. The third kappa shape index (κ3) is 2.89. The number of aliphatic hydroxyl groups excluding tert-OH is 1. The van der Waals surface area contributed by atoms with E-state index in [-0.39, 0.29) is 12.3 Å². The summed E-state index contributed by atoms with van der Waals surface area (Å²) in [5.74, 6) is 1.03. The van der Waals surface area contributed by atoms with Crippen molar-refractivity contribution in [1.82, 2.24) is 0 Å². The lowest BCUT2D eigenvalue weighted by Gasteiger charge is -2.13. The Balaban J connectivity index is 2.04. The maximum absolute atomic E-state index is 10.6. The van der Waals surface area contributed by atoms with Crippen molar-refractivity contribution in [2.24, 2.45) is 5.92 Å². The first-order valence-corrected chi connectivity index (χ1v) is 5.75. The number of hydrogen-bond acceptors (Lipinski definition) is 5. The number of nitro benzene ring substituents is 1. The van der Waals surface area contributed by atoms with E-state index in [9.17, 15) is 15.2 Å². The highest BCUT2D eigenvalue weighted by molar-refractivity contribution is 5.48. The van der Waals surface area contributed by atoms with Crippen molar-refractivity contribution >= 4 is 5.69 Å². The van der Waals surface area contributed by atoms with Crippen molar-refractivity contribution in [2.45, 2.75) is 18.9 Å². The van der Waals surface area contributed by atoms with Crippen LogP contribution in [-0.4, -0.2) is 29.9 Å². The first-order chi connectivity index (χ1) is 8.61. The lowest BCUT2D eigenvalue weighted by Crippen LogP contribution is -2.19. The highest BCUT2D eigenvalue weighted by atomic mass is 16.6. The highest BCUT2D eigenvalue weighted by Crippen LogP contribution is 2.34. The van der Waals surface area contributed by atoms with E-state index < -0.39 is 11.0 Å². The molecule has 0 unspecified atom stereocenters. The molecule has 1 N–H and O–H groups in total. The molecule has 1 aromatic rings. The molecule has 0 heterocycles. The monoisotopic (exact) mass is 253 g/mol. The minimum absolute atomic E-state index is 0.0538. The molecule has 0 radical (unpaired) electrons. The fraction of sp³-hybridized carbons (Fsp3) is 0.500. The lowest BCUT2D eigenvalue weighted by atomic mass is 10.2. The summed E-state index contributed by atoms with van der Waals surface area (Å²) in [4.78, 5) is 10.1. The van der Waals surface area contributed by atoms with Gasteiger partial charge in [0.1, 0.15) is 6.61 Å². The Morgan fingerprint density at radius 2 is 2.22 bits per heavy atom. The molecule has 1 aliphatic carbocycles. The van der Waals surface area contributed by atoms with Crippen molar-refractivity contribution in [3.05, 3.63) is 28.3 Å². The van der Waals surface area contributed by atoms with Gasteiger partial charge in [-0.25, -0.2) is 0 Å². The maximum atomic E-state index is 10.6. The molecule has 2 rings (SSSR count). The molecule has 6 nitrogen and oxygen atoms in total. The van der Waals surface area contributed by atoms with E-state index in [1.807, 2.05) is 0 Å². The Hall–Kier alpha value is -1.82. The molecule has 0 aromatic heterocycles. The predicted molar refractivity (Wildman–Crippen MR) is 63.9 cm³/mol. The van der Waals surface area contributed by atoms with Gasteiger partial charge in [-0.05, 0) is 24.8 Å². The van der Waals surface area contributed by atoms with Crippen LogP contribution < -0.4 is 9.47 Å². The second-order valence-corrected chi connectivity index (χ2v) is 4.31. The van der Waals surface area contributed by atoms with Crippen LogP contribution in [0.4, 0.5) is 5.69 Å². The van der Waals surface area contributed by atoms with Gasteiger partial charge in [-0.3, -0.25) is 10.1 Å². The molecule has 0 bridgehead atoms. The summed E-state index contributed by atoms with van der Waals surface area (Å²) in [5.41, 5.74) is -0.0538. The zero-order valence-electron chi connectivity index (χ0n) is 10.0. The number of nitro groups is 1. The number of aliphatic hydroxyl groups is 1. The van der Waals surface area contributed by atoms with E-state index in [4.69, 9.17) is 9.47 Å². The summed E-state index contributed by atoms with van der Waals surface area (Å²) in [6.07, 6.45) is 1.58. The van der Waals surface area contributed by atoms with Crippen LogP contribution in [0.3, 0.4) is 0 Å². The van der Waals surface area contributed by atoms with E-state index in [1.165, 1.54) is 25.3 Å². The van der Waals surface area contributed by atoms with E-state index >= 15 is 0 Å². The van der Waals surface area contributed by atoms with Crippen LogP contribution in [0, 0.1) is 16.0 Å². The molecule has 0 spiro atoms. The van der Waals surface area contributed by atoms with E-state index in [0.717, 1.165) is 12.8 Å². The molecule has 1 atom stereocenters. The van der Waals surface area contributed by atoms with Crippen LogP contribution in [0.1, 0.15) is 12.8 Å². The van der Waals surface area contributed by atoms with Crippen molar-refractivity contribution in [2.75, 3.05) is 13.7 Å². The number of non-ortho nitro benzene ring substituents is 1. The third-order valence-electron chi connectivity index (χ3n) is 2.93. The Morgan fingerprint density at radius 3 is 2.78 bits per heavy atom. The van der Waals surface area contributed by atoms with Gasteiger partial charge in [0, 0.05) is 6.07 Å². The number of nitrogens with zero attached hydrogens (tertiary/aromatic N) is 1. The zero-order chi connectivity index (χ0) is 13.1. The Kier molecular flexibility index (Phi) is 3.66. The molecule has 18 heavy (non-hydrogen) atoms. The minimum atomic E-state index is -0.495. The SMILES string of the molecule is COc1cc([N+](=O)[O-])ccc1OC[C@H](O)C1CC1. The van der Waals surface area contributed by atoms with Crippen LogP contribution in [0.25, 0.3) is 0 Å². The van der Waals surface area contributed by atoms with Gasteiger partial charge in [-0.2, -0.15) is 0 Å². The topological polar surface area (TPSA) is 81.8 Å². The molecular formula is C12H15NO5. The Morgan fingerprint density at radius 1 is 1.50 bits per heavy atom. The quantitative estimate of drug-likeness (QED) is 0.617. The lowest BCUT2D eigenvalue weighted by molar-refractivity contribution is -0.384. The summed E-state index contributed by atoms with van der Waals surface area (Å²) in [6, 6.07) is 4.14. The average Bonchev–Trinajstić information content (AvgIpc) is 3.19. The van der Waals surface area contributed by atoms with Gasteiger partial charge < -0.3 is 14.6 Å². The third-order valence-corrected chi connectivity index (χ3v) is 2.93. The van der Waals surface area contributed by atoms with E-state index in [1.54, 1.807) is 0 Å². The number of rotatable bonds is 6. The van der Waals surface area contributed by atoms with Crippen LogP contribution in [0.15, 0.2) is 18.2 Å². The number of benzene rings is 1. The highest BCUT2D eigenvalue weighted by Gasteiger charge is 2.30. The summed E-state index contributed by atoms with van der Waals surface area (Å²) >= 11 is 0.